The monoisotopic (exact) mass is 184 g/mol. The largest absolute Gasteiger partial charge is 0.374 e. The standard InChI is InChI=1S/C8H12N2OS/c1-3-6(11-2)8-9-5-4-7(12)10-8/h4-6H,3H2,1-2H3,(H,9,10,12). The number of nitrogens with zero attached hydrogens (tertiary/aromatic N) is 1. The summed E-state index contributed by atoms with van der Waals surface area (Å²) < 4.78 is 5.89. The number of rotatable bonds is 3. The fourth-order valence-electron chi connectivity index (χ4n) is 1.02. The Bertz CT molecular complexity index is 293. The van der Waals surface area contributed by atoms with Crippen molar-refractivity contribution in [2.75, 3.05) is 7.11 Å². The highest BCUT2D eigenvalue weighted by Crippen LogP contribution is 2.14. The molecule has 1 aromatic heterocycles. The predicted octanol–water partition coefficient (Wildman–Crippen LogP) is 2.24. The minimum absolute atomic E-state index is 0.0212. The van der Waals surface area contributed by atoms with Gasteiger partial charge in [0, 0.05) is 13.3 Å². The van der Waals surface area contributed by atoms with Crippen LogP contribution in [0.3, 0.4) is 0 Å². The number of aromatic amines is 1. The lowest BCUT2D eigenvalue weighted by Crippen LogP contribution is -2.04. The lowest BCUT2D eigenvalue weighted by Gasteiger charge is -2.10. The van der Waals surface area contributed by atoms with E-state index in [0.717, 1.165) is 12.2 Å². The van der Waals surface area contributed by atoms with Gasteiger partial charge in [0.15, 0.2) is 0 Å². The number of H-pyrrole nitrogens is 1. The van der Waals surface area contributed by atoms with Crippen molar-refractivity contribution in [1.82, 2.24) is 9.97 Å². The van der Waals surface area contributed by atoms with E-state index in [1.807, 2.05) is 6.92 Å². The first-order valence-electron chi connectivity index (χ1n) is 3.86. The molecular weight excluding hydrogens is 172 g/mol. The summed E-state index contributed by atoms with van der Waals surface area (Å²) in [6, 6.07) is 1.75. The van der Waals surface area contributed by atoms with Crippen LogP contribution in [0.15, 0.2) is 12.3 Å². The number of ether oxygens (including phenoxy) is 1. The Kier molecular flexibility index (Phi) is 3.37. The van der Waals surface area contributed by atoms with Crippen molar-refractivity contribution in [3.63, 3.8) is 0 Å². The second-order valence-electron chi connectivity index (χ2n) is 2.45. The van der Waals surface area contributed by atoms with Crippen LogP contribution in [0.25, 0.3) is 0 Å². The van der Waals surface area contributed by atoms with Crippen LogP contribution in [-0.2, 0) is 4.74 Å². The molecule has 66 valence electrons. The molecule has 0 radical (unpaired) electrons. The summed E-state index contributed by atoms with van der Waals surface area (Å²) in [5, 5.41) is 0. The normalized spacial score (nSPS) is 12.8. The van der Waals surface area contributed by atoms with E-state index in [0.29, 0.717) is 4.64 Å². The van der Waals surface area contributed by atoms with Gasteiger partial charge in [0.05, 0.1) is 0 Å². The highest BCUT2D eigenvalue weighted by Gasteiger charge is 2.08. The predicted molar refractivity (Wildman–Crippen MR) is 49.5 cm³/mol. The Morgan fingerprint density at radius 1 is 1.75 bits per heavy atom. The summed E-state index contributed by atoms with van der Waals surface area (Å²) in [5.74, 6) is 0.799. The smallest absolute Gasteiger partial charge is 0.136 e. The second-order valence-corrected chi connectivity index (χ2v) is 2.89. The molecule has 1 heterocycles. The molecule has 0 saturated heterocycles. The molecule has 1 atom stereocenters. The minimum atomic E-state index is 0.0212. The van der Waals surface area contributed by atoms with Crippen LogP contribution >= 0.6 is 12.2 Å². The van der Waals surface area contributed by atoms with Crippen LogP contribution in [-0.4, -0.2) is 17.1 Å². The van der Waals surface area contributed by atoms with Gasteiger partial charge in [-0.05, 0) is 12.5 Å². The maximum Gasteiger partial charge on any atom is 0.136 e. The van der Waals surface area contributed by atoms with E-state index in [4.69, 9.17) is 17.0 Å². The highest BCUT2D eigenvalue weighted by atomic mass is 32.1. The number of methoxy groups -OCH3 is 1. The van der Waals surface area contributed by atoms with Crippen LogP contribution in [0.2, 0.25) is 0 Å². The quantitative estimate of drug-likeness (QED) is 0.732. The van der Waals surface area contributed by atoms with Crippen molar-refractivity contribution in [2.45, 2.75) is 19.4 Å². The minimum Gasteiger partial charge on any atom is -0.374 e. The van der Waals surface area contributed by atoms with Gasteiger partial charge in [-0.25, -0.2) is 4.98 Å². The molecule has 1 unspecified atom stereocenters. The van der Waals surface area contributed by atoms with Gasteiger partial charge < -0.3 is 9.72 Å². The number of hydrogen-bond acceptors (Lipinski definition) is 3. The zero-order valence-corrected chi connectivity index (χ0v) is 8.02. The fraction of sp³-hybridized carbons (Fsp3) is 0.500. The van der Waals surface area contributed by atoms with Gasteiger partial charge >= 0.3 is 0 Å². The van der Waals surface area contributed by atoms with Crippen LogP contribution in [0.1, 0.15) is 25.3 Å². The summed E-state index contributed by atoms with van der Waals surface area (Å²) in [5.41, 5.74) is 0. The highest BCUT2D eigenvalue weighted by molar-refractivity contribution is 7.71. The summed E-state index contributed by atoms with van der Waals surface area (Å²) in [6.45, 7) is 2.04. The molecule has 12 heavy (non-hydrogen) atoms. The molecule has 1 aromatic rings. The van der Waals surface area contributed by atoms with Gasteiger partial charge in [0.25, 0.3) is 0 Å². The molecule has 0 aliphatic rings. The summed E-state index contributed by atoms with van der Waals surface area (Å²) in [6.07, 6.45) is 2.60. The topological polar surface area (TPSA) is 37.9 Å². The van der Waals surface area contributed by atoms with E-state index >= 15 is 0 Å². The molecule has 0 amide bonds. The maximum absolute atomic E-state index is 5.20. The average Bonchev–Trinajstić information content (AvgIpc) is 2.07. The van der Waals surface area contributed by atoms with E-state index in [-0.39, 0.29) is 6.10 Å². The molecule has 0 aromatic carbocycles. The molecule has 3 nitrogen and oxygen atoms in total. The Hall–Kier alpha value is -0.740. The third-order valence-corrected chi connectivity index (χ3v) is 1.89. The van der Waals surface area contributed by atoms with Gasteiger partial charge in [0.1, 0.15) is 16.6 Å². The van der Waals surface area contributed by atoms with Crippen LogP contribution < -0.4 is 0 Å². The van der Waals surface area contributed by atoms with Crippen molar-refractivity contribution in [3.05, 3.63) is 22.7 Å². The first-order chi connectivity index (χ1) is 5.77. The van der Waals surface area contributed by atoms with Gasteiger partial charge in [-0.3, -0.25) is 0 Å². The van der Waals surface area contributed by atoms with E-state index in [2.05, 4.69) is 9.97 Å². The molecular formula is C8H12N2OS. The molecule has 0 aliphatic heterocycles. The van der Waals surface area contributed by atoms with E-state index < -0.39 is 0 Å². The van der Waals surface area contributed by atoms with E-state index in [1.165, 1.54) is 0 Å². The summed E-state index contributed by atoms with van der Waals surface area (Å²) >= 11 is 4.96. The zero-order chi connectivity index (χ0) is 8.97. The lowest BCUT2D eigenvalue weighted by atomic mass is 10.2. The molecule has 0 spiro atoms. The van der Waals surface area contributed by atoms with Crippen molar-refractivity contribution in [1.29, 1.82) is 0 Å². The molecule has 0 bridgehead atoms. The van der Waals surface area contributed by atoms with Gasteiger partial charge in [-0.2, -0.15) is 0 Å². The average molecular weight is 184 g/mol. The van der Waals surface area contributed by atoms with E-state index in [9.17, 15) is 0 Å². The molecule has 4 heteroatoms. The third kappa shape index (κ3) is 2.12. The molecule has 0 saturated carbocycles. The van der Waals surface area contributed by atoms with Crippen LogP contribution in [0.5, 0.6) is 0 Å². The maximum atomic E-state index is 5.20. The molecule has 0 fully saturated rings. The van der Waals surface area contributed by atoms with Crippen molar-refractivity contribution in [3.8, 4) is 0 Å². The SMILES string of the molecule is CCC(OC)c1nccc(=S)[nH]1. The first kappa shape index (κ1) is 9.35. The van der Waals surface area contributed by atoms with Gasteiger partial charge in [0.2, 0.25) is 0 Å². The van der Waals surface area contributed by atoms with Crippen molar-refractivity contribution >= 4 is 12.2 Å². The summed E-state index contributed by atoms with van der Waals surface area (Å²) in [7, 11) is 1.67. The Labute approximate surface area is 76.8 Å². The van der Waals surface area contributed by atoms with Crippen LogP contribution in [0, 0.1) is 4.64 Å². The van der Waals surface area contributed by atoms with Crippen molar-refractivity contribution < 1.29 is 4.74 Å². The lowest BCUT2D eigenvalue weighted by molar-refractivity contribution is 0.0925. The first-order valence-corrected chi connectivity index (χ1v) is 4.26. The van der Waals surface area contributed by atoms with Crippen molar-refractivity contribution in [2.24, 2.45) is 0 Å². The fourth-order valence-corrected chi connectivity index (χ4v) is 1.19. The Morgan fingerprint density at radius 3 is 3.00 bits per heavy atom. The molecule has 1 rings (SSSR count). The summed E-state index contributed by atoms with van der Waals surface area (Å²) in [4.78, 5) is 7.12. The van der Waals surface area contributed by atoms with Gasteiger partial charge in [-0.15, -0.1) is 0 Å². The zero-order valence-electron chi connectivity index (χ0n) is 7.20. The number of aromatic nitrogens is 2. The molecule has 0 aliphatic carbocycles. The van der Waals surface area contributed by atoms with Gasteiger partial charge in [-0.1, -0.05) is 19.1 Å². The van der Waals surface area contributed by atoms with Crippen LogP contribution in [0.4, 0.5) is 0 Å². The Balaban J connectivity index is 2.93. The second kappa shape index (κ2) is 4.33. The molecule has 1 N–H and O–H groups in total. The number of hydrogen-bond donors (Lipinski definition) is 1. The van der Waals surface area contributed by atoms with E-state index in [1.54, 1.807) is 19.4 Å². The Morgan fingerprint density at radius 2 is 2.50 bits per heavy atom. The third-order valence-electron chi connectivity index (χ3n) is 1.65. The number of nitrogens with one attached hydrogen (secondary N) is 1.